The van der Waals surface area contributed by atoms with E-state index in [1.54, 1.807) is 12.1 Å². The summed E-state index contributed by atoms with van der Waals surface area (Å²) in [6, 6.07) is 6.35. The lowest BCUT2D eigenvalue weighted by Crippen LogP contribution is -2.11. The van der Waals surface area contributed by atoms with E-state index in [-0.39, 0.29) is 10.7 Å². The number of sulfone groups is 1. The molecule has 0 aliphatic carbocycles. The van der Waals surface area contributed by atoms with Crippen molar-refractivity contribution in [1.82, 2.24) is 0 Å². The van der Waals surface area contributed by atoms with Gasteiger partial charge in [-0.05, 0) is 24.6 Å². The van der Waals surface area contributed by atoms with Gasteiger partial charge in [-0.3, -0.25) is 5.41 Å². The Morgan fingerprint density at radius 3 is 2.76 bits per heavy atom. The van der Waals surface area contributed by atoms with Crippen molar-refractivity contribution in [3.05, 3.63) is 24.3 Å². The topological polar surface area (TPSA) is 93.2 Å². The summed E-state index contributed by atoms with van der Waals surface area (Å²) >= 11 is 0. The van der Waals surface area contributed by atoms with Crippen LogP contribution >= 0.6 is 0 Å². The zero-order valence-electron chi connectivity index (χ0n) is 9.64. The molecule has 0 fully saturated rings. The average Bonchev–Trinajstić information content (AvgIpc) is 2.23. The Labute approximate surface area is 101 Å². The van der Waals surface area contributed by atoms with Crippen LogP contribution in [0.5, 0.6) is 5.75 Å². The van der Waals surface area contributed by atoms with Crippen LogP contribution < -0.4 is 10.5 Å². The number of rotatable bonds is 6. The molecule has 3 N–H and O–H groups in total. The van der Waals surface area contributed by atoms with Crippen molar-refractivity contribution in [2.75, 3.05) is 12.9 Å². The van der Waals surface area contributed by atoms with Gasteiger partial charge in [0.2, 0.25) is 0 Å². The summed E-state index contributed by atoms with van der Waals surface area (Å²) in [6.45, 7) is 0.410. The summed E-state index contributed by atoms with van der Waals surface area (Å²) in [7, 11) is -3.20. The summed E-state index contributed by atoms with van der Waals surface area (Å²) < 4.78 is 28.0. The van der Waals surface area contributed by atoms with Crippen LogP contribution in [0, 0.1) is 5.41 Å². The van der Waals surface area contributed by atoms with Gasteiger partial charge in [0.05, 0.1) is 17.3 Å². The third-order valence-electron chi connectivity index (χ3n) is 2.09. The van der Waals surface area contributed by atoms with Gasteiger partial charge in [0, 0.05) is 12.7 Å². The largest absolute Gasteiger partial charge is 0.494 e. The summed E-state index contributed by atoms with van der Waals surface area (Å²) in [6.07, 6.45) is 2.27. The Balaban J connectivity index is 2.58. The molecule has 0 bridgehead atoms. The van der Waals surface area contributed by atoms with E-state index >= 15 is 0 Å². The molecule has 94 valence electrons. The first-order valence-corrected chi connectivity index (χ1v) is 7.04. The molecule has 0 aliphatic rings. The van der Waals surface area contributed by atoms with Gasteiger partial charge in [-0.1, -0.05) is 6.07 Å². The molecule has 0 saturated carbocycles. The maximum atomic E-state index is 11.3. The molecule has 0 saturated heterocycles. The van der Waals surface area contributed by atoms with Crippen LogP contribution in [0.4, 0.5) is 0 Å². The maximum absolute atomic E-state index is 11.3. The predicted molar refractivity (Wildman–Crippen MR) is 66.2 cm³/mol. The minimum atomic E-state index is -3.20. The molecule has 1 rings (SSSR count). The fraction of sp³-hybridized carbons (Fsp3) is 0.364. The van der Waals surface area contributed by atoms with E-state index in [1.807, 2.05) is 0 Å². The van der Waals surface area contributed by atoms with Crippen LogP contribution in [0.2, 0.25) is 0 Å². The third-order valence-corrected chi connectivity index (χ3v) is 3.20. The SMILES string of the molecule is CS(=O)(=O)c1cccc(OCCCC(=N)N)c1. The molecule has 1 aromatic carbocycles. The van der Waals surface area contributed by atoms with Crippen LogP contribution in [0.25, 0.3) is 0 Å². The van der Waals surface area contributed by atoms with Crippen molar-refractivity contribution in [2.45, 2.75) is 17.7 Å². The number of nitrogens with one attached hydrogen (secondary N) is 1. The normalized spacial score (nSPS) is 11.1. The fourth-order valence-electron chi connectivity index (χ4n) is 1.25. The van der Waals surface area contributed by atoms with Gasteiger partial charge in [0.1, 0.15) is 5.75 Å². The van der Waals surface area contributed by atoms with E-state index in [0.717, 1.165) is 6.26 Å². The van der Waals surface area contributed by atoms with Gasteiger partial charge < -0.3 is 10.5 Å². The third kappa shape index (κ3) is 4.86. The zero-order valence-corrected chi connectivity index (χ0v) is 10.5. The molecule has 0 aliphatic heterocycles. The highest BCUT2D eigenvalue weighted by molar-refractivity contribution is 7.90. The Kier molecular flexibility index (Phi) is 4.51. The molecule has 0 aromatic heterocycles. The number of hydrogen-bond donors (Lipinski definition) is 2. The number of nitrogens with two attached hydrogens (primary N) is 1. The maximum Gasteiger partial charge on any atom is 0.175 e. The highest BCUT2D eigenvalue weighted by atomic mass is 32.2. The van der Waals surface area contributed by atoms with Crippen molar-refractivity contribution in [3.63, 3.8) is 0 Å². The van der Waals surface area contributed by atoms with Crippen LogP contribution in [0.15, 0.2) is 29.2 Å². The van der Waals surface area contributed by atoms with Crippen LogP contribution in [-0.2, 0) is 9.84 Å². The first-order valence-electron chi connectivity index (χ1n) is 5.15. The van der Waals surface area contributed by atoms with Crippen molar-refractivity contribution in [1.29, 1.82) is 5.41 Å². The Hall–Kier alpha value is -1.56. The summed E-state index contributed by atoms with van der Waals surface area (Å²) in [5, 5.41) is 7.04. The van der Waals surface area contributed by atoms with Gasteiger partial charge in [0.25, 0.3) is 0 Å². The highest BCUT2D eigenvalue weighted by Crippen LogP contribution is 2.17. The van der Waals surface area contributed by atoms with Gasteiger partial charge in [-0.25, -0.2) is 8.42 Å². The lowest BCUT2D eigenvalue weighted by atomic mass is 10.3. The second kappa shape index (κ2) is 5.67. The van der Waals surface area contributed by atoms with Gasteiger partial charge in [-0.2, -0.15) is 0 Å². The molecule has 1 aromatic rings. The fourth-order valence-corrected chi connectivity index (χ4v) is 1.90. The van der Waals surface area contributed by atoms with Crippen molar-refractivity contribution >= 4 is 15.7 Å². The molecule has 17 heavy (non-hydrogen) atoms. The molecule has 5 nitrogen and oxygen atoms in total. The van der Waals surface area contributed by atoms with E-state index in [1.165, 1.54) is 12.1 Å². The quantitative estimate of drug-likeness (QED) is 0.454. The molecule has 0 unspecified atom stereocenters. The number of benzene rings is 1. The van der Waals surface area contributed by atoms with Crippen LogP contribution in [0.3, 0.4) is 0 Å². The van der Waals surface area contributed by atoms with E-state index in [2.05, 4.69) is 0 Å². The summed E-state index contributed by atoms with van der Waals surface area (Å²) in [4.78, 5) is 0.238. The van der Waals surface area contributed by atoms with Crippen molar-refractivity contribution in [2.24, 2.45) is 5.73 Å². The average molecular weight is 256 g/mol. The molecule has 0 amide bonds. The molecule has 6 heteroatoms. The number of hydrogen-bond acceptors (Lipinski definition) is 4. The molecule has 0 atom stereocenters. The van der Waals surface area contributed by atoms with E-state index < -0.39 is 9.84 Å². The smallest absolute Gasteiger partial charge is 0.175 e. The highest BCUT2D eigenvalue weighted by Gasteiger charge is 2.07. The second-order valence-corrected chi connectivity index (χ2v) is 5.74. The minimum Gasteiger partial charge on any atom is -0.494 e. The monoisotopic (exact) mass is 256 g/mol. The Morgan fingerprint density at radius 2 is 2.18 bits per heavy atom. The first-order chi connectivity index (χ1) is 7.89. The Bertz CT molecular complexity index is 497. The summed E-state index contributed by atoms with van der Waals surface area (Å²) in [5.41, 5.74) is 5.20. The molecular formula is C11H16N2O3S. The van der Waals surface area contributed by atoms with Crippen LogP contribution in [-0.4, -0.2) is 27.1 Å². The summed E-state index contributed by atoms with van der Waals surface area (Å²) in [5.74, 6) is 0.634. The standard InChI is InChI=1S/C11H16N2O3S/c1-17(14,15)10-5-2-4-9(8-10)16-7-3-6-11(12)13/h2,4-5,8H,3,6-7H2,1H3,(H3,12,13). The van der Waals surface area contributed by atoms with E-state index in [9.17, 15) is 8.42 Å². The minimum absolute atomic E-state index is 0.124. The van der Waals surface area contributed by atoms with Gasteiger partial charge >= 0.3 is 0 Å². The lowest BCUT2D eigenvalue weighted by Gasteiger charge is -2.07. The zero-order chi connectivity index (χ0) is 12.9. The molecule has 0 spiro atoms. The predicted octanol–water partition coefficient (Wildman–Crippen LogP) is 1.19. The lowest BCUT2D eigenvalue weighted by molar-refractivity contribution is 0.312. The van der Waals surface area contributed by atoms with Crippen molar-refractivity contribution in [3.8, 4) is 5.75 Å². The van der Waals surface area contributed by atoms with Crippen molar-refractivity contribution < 1.29 is 13.2 Å². The number of ether oxygens (including phenoxy) is 1. The second-order valence-electron chi connectivity index (χ2n) is 3.72. The molecule has 0 radical (unpaired) electrons. The van der Waals surface area contributed by atoms with Crippen LogP contribution in [0.1, 0.15) is 12.8 Å². The number of amidine groups is 1. The van der Waals surface area contributed by atoms with E-state index in [4.69, 9.17) is 15.9 Å². The first kappa shape index (κ1) is 13.5. The van der Waals surface area contributed by atoms with Gasteiger partial charge in [0.15, 0.2) is 9.84 Å². The van der Waals surface area contributed by atoms with Gasteiger partial charge in [-0.15, -0.1) is 0 Å². The van der Waals surface area contributed by atoms with E-state index in [0.29, 0.717) is 25.2 Å². The molecule has 0 heterocycles. The molecular weight excluding hydrogens is 240 g/mol. The Morgan fingerprint density at radius 1 is 1.47 bits per heavy atom.